The normalized spacial score (nSPS) is 15.8. The zero-order valence-electron chi connectivity index (χ0n) is 14.1. The summed E-state index contributed by atoms with van der Waals surface area (Å²) in [4.78, 5) is 4.30. The van der Waals surface area contributed by atoms with Crippen molar-refractivity contribution in [3.05, 3.63) is 57.7 Å². The van der Waals surface area contributed by atoms with Crippen molar-refractivity contribution in [1.29, 1.82) is 0 Å². The van der Waals surface area contributed by atoms with Crippen molar-refractivity contribution in [2.45, 2.75) is 38.0 Å². The van der Waals surface area contributed by atoms with Crippen molar-refractivity contribution in [1.82, 2.24) is 10.3 Å². The molecule has 0 amide bonds. The highest BCUT2D eigenvalue weighted by Gasteiger charge is 2.35. The molecule has 0 unspecified atom stereocenters. The molecule has 1 aromatic heterocycles. The predicted molar refractivity (Wildman–Crippen MR) is 110 cm³/mol. The minimum Gasteiger partial charge on any atom is -0.362 e. The third-order valence-electron chi connectivity index (χ3n) is 4.81. The first-order valence-corrected chi connectivity index (χ1v) is 9.58. The number of aryl methyl sites for hydroxylation is 1. The van der Waals surface area contributed by atoms with Crippen LogP contribution in [0.15, 0.2) is 36.5 Å². The Hall–Kier alpha value is -1.36. The molecule has 3 rings (SSSR count). The number of pyridine rings is 1. The van der Waals surface area contributed by atoms with Gasteiger partial charge in [0.15, 0.2) is 10.9 Å². The van der Waals surface area contributed by atoms with E-state index in [1.54, 1.807) is 6.20 Å². The van der Waals surface area contributed by atoms with Crippen LogP contribution in [-0.4, -0.2) is 16.6 Å². The van der Waals surface area contributed by atoms with Gasteiger partial charge in [-0.1, -0.05) is 48.2 Å². The number of thiocarbonyl (C=S) groups is 1. The maximum atomic E-state index is 6.21. The van der Waals surface area contributed by atoms with E-state index in [9.17, 15) is 0 Å². The zero-order chi connectivity index (χ0) is 17.9. The van der Waals surface area contributed by atoms with Gasteiger partial charge in [-0.15, -0.1) is 0 Å². The lowest BCUT2D eigenvalue weighted by molar-refractivity contribution is 0.435. The molecule has 2 aromatic rings. The molecule has 1 fully saturated rings. The molecule has 0 bridgehead atoms. The molecule has 0 atom stereocenters. The summed E-state index contributed by atoms with van der Waals surface area (Å²) in [5.74, 6) is 0.580. The molecule has 132 valence electrons. The molecule has 1 aromatic carbocycles. The molecule has 0 radical (unpaired) electrons. The fraction of sp³-hybridized carbons (Fsp3) is 0.368. The van der Waals surface area contributed by atoms with Crippen molar-refractivity contribution in [2.75, 3.05) is 11.9 Å². The van der Waals surface area contributed by atoms with Crippen molar-refractivity contribution in [2.24, 2.45) is 0 Å². The van der Waals surface area contributed by atoms with E-state index in [2.05, 4.69) is 27.8 Å². The molecule has 6 heteroatoms. The number of nitrogens with zero attached hydrogens (tertiary/aromatic N) is 1. The Balaban J connectivity index is 1.67. The second kappa shape index (κ2) is 7.90. The van der Waals surface area contributed by atoms with Gasteiger partial charge in [0.05, 0.1) is 5.02 Å². The lowest BCUT2D eigenvalue weighted by Gasteiger charge is -2.30. The van der Waals surface area contributed by atoms with Crippen molar-refractivity contribution in [3.8, 4) is 0 Å². The first-order valence-electron chi connectivity index (χ1n) is 8.42. The molecular weight excluding hydrogens is 373 g/mol. The molecule has 1 saturated carbocycles. The minimum absolute atomic E-state index is 0.0980. The molecule has 1 aliphatic carbocycles. The zero-order valence-corrected chi connectivity index (χ0v) is 16.4. The Kier molecular flexibility index (Phi) is 5.82. The number of hydrogen-bond acceptors (Lipinski definition) is 2. The topological polar surface area (TPSA) is 37.0 Å². The monoisotopic (exact) mass is 393 g/mol. The molecule has 25 heavy (non-hydrogen) atoms. The van der Waals surface area contributed by atoms with E-state index in [0.717, 1.165) is 30.0 Å². The highest BCUT2D eigenvalue weighted by molar-refractivity contribution is 7.80. The third-order valence-corrected chi connectivity index (χ3v) is 5.60. The smallest absolute Gasteiger partial charge is 0.172 e. The lowest BCUT2D eigenvalue weighted by Crippen LogP contribution is -2.40. The van der Waals surface area contributed by atoms with E-state index in [4.69, 9.17) is 35.4 Å². The quantitative estimate of drug-likeness (QED) is 0.672. The first kappa shape index (κ1) is 18.4. The number of benzene rings is 1. The number of hydrogen-bond donors (Lipinski definition) is 2. The lowest BCUT2D eigenvalue weighted by atomic mass is 9.79. The van der Waals surface area contributed by atoms with Crippen LogP contribution in [0.5, 0.6) is 0 Å². The van der Waals surface area contributed by atoms with E-state index in [1.807, 2.05) is 25.1 Å². The largest absolute Gasteiger partial charge is 0.362 e. The average Bonchev–Trinajstić information content (AvgIpc) is 3.06. The Morgan fingerprint density at radius 3 is 2.52 bits per heavy atom. The molecule has 0 saturated heterocycles. The van der Waals surface area contributed by atoms with Crippen LogP contribution in [0.1, 0.15) is 36.8 Å². The predicted octanol–water partition coefficient (Wildman–Crippen LogP) is 5.50. The second-order valence-electron chi connectivity index (χ2n) is 6.65. The average molecular weight is 394 g/mol. The van der Waals surface area contributed by atoms with E-state index in [0.29, 0.717) is 16.0 Å². The van der Waals surface area contributed by atoms with Crippen LogP contribution < -0.4 is 10.6 Å². The van der Waals surface area contributed by atoms with E-state index in [1.165, 1.54) is 18.4 Å². The fourth-order valence-electron chi connectivity index (χ4n) is 3.45. The van der Waals surface area contributed by atoms with Gasteiger partial charge < -0.3 is 10.6 Å². The summed E-state index contributed by atoms with van der Waals surface area (Å²) in [6.45, 7) is 2.74. The van der Waals surface area contributed by atoms with Crippen LogP contribution in [0.4, 0.5) is 5.82 Å². The number of nitrogens with one attached hydrogen (secondary N) is 2. The van der Waals surface area contributed by atoms with Crippen LogP contribution in [0.3, 0.4) is 0 Å². The number of aromatic nitrogens is 1. The summed E-state index contributed by atoms with van der Waals surface area (Å²) in [6, 6.07) is 10.0. The van der Waals surface area contributed by atoms with Gasteiger partial charge in [0.25, 0.3) is 0 Å². The summed E-state index contributed by atoms with van der Waals surface area (Å²) >= 11 is 17.7. The molecule has 3 nitrogen and oxygen atoms in total. The number of halogens is 2. The fourth-order valence-corrected chi connectivity index (χ4v) is 4.01. The van der Waals surface area contributed by atoms with Crippen LogP contribution >= 0.6 is 35.4 Å². The summed E-state index contributed by atoms with van der Waals surface area (Å²) in [5, 5.41) is 8.33. The standard InChI is InChI=1S/C19H21Cl2N3S/c1-13-10-16(21)17(22-11-13)24-18(25)23-12-19(8-2-3-9-19)14-4-6-15(20)7-5-14/h4-7,10-11H,2-3,8-9,12H2,1H3,(H2,22,23,24,25). The Morgan fingerprint density at radius 1 is 1.20 bits per heavy atom. The van der Waals surface area contributed by atoms with E-state index in [-0.39, 0.29) is 5.41 Å². The summed E-state index contributed by atoms with van der Waals surface area (Å²) in [7, 11) is 0. The molecule has 1 heterocycles. The summed E-state index contributed by atoms with van der Waals surface area (Å²) < 4.78 is 0. The first-order chi connectivity index (χ1) is 12.0. The third kappa shape index (κ3) is 4.43. The molecule has 0 aliphatic heterocycles. The highest BCUT2D eigenvalue weighted by atomic mass is 35.5. The van der Waals surface area contributed by atoms with Gasteiger partial charge in [0.1, 0.15) is 0 Å². The number of rotatable bonds is 4. The van der Waals surface area contributed by atoms with Crippen molar-refractivity contribution < 1.29 is 0 Å². The van der Waals surface area contributed by atoms with Crippen LogP contribution in [0.25, 0.3) is 0 Å². The molecule has 0 spiro atoms. The molecule has 1 aliphatic rings. The molecular formula is C19H21Cl2N3S. The second-order valence-corrected chi connectivity index (χ2v) is 7.90. The van der Waals surface area contributed by atoms with Gasteiger partial charge in [0, 0.05) is 23.2 Å². The van der Waals surface area contributed by atoms with Gasteiger partial charge in [-0.05, 0) is 61.3 Å². The van der Waals surface area contributed by atoms with Gasteiger partial charge >= 0.3 is 0 Å². The molecule has 2 N–H and O–H groups in total. The van der Waals surface area contributed by atoms with E-state index < -0.39 is 0 Å². The summed E-state index contributed by atoms with van der Waals surface area (Å²) in [5.41, 5.74) is 2.43. The van der Waals surface area contributed by atoms with Crippen LogP contribution in [-0.2, 0) is 5.41 Å². The van der Waals surface area contributed by atoms with Gasteiger partial charge in [-0.2, -0.15) is 0 Å². The van der Waals surface area contributed by atoms with Crippen molar-refractivity contribution in [3.63, 3.8) is 0 Å². The maximum absolute atomic E-state index is 6.21. The summed E-state index contributed by atoms with van der Waals surface area (Å²) in [6.07, 6.45) is 6.52. The maximum Gasteiger partial charge on any atom is 0.172 e. The SMILES string of the molecule is Cc1cnc(NC(=S)NCC2(c3ccc(Cl)cc3)CCCC2)c(Cl)c1. The Bertz CT molecular complexity index is 756. The van der Waals surface area contributed by atoms with Gasteiger partial charge in [-0.3, -0.25) is 0 Å². The number of anilines is 1. The van der Waals surface area contributed by atoms with E-state index >= 15 is 0 Å². The highest BCUT2D eigenvalue weighted by Crippen LogP contribution is 2.41. The van der Waals surface area contributed by atoms with Gasteiger partial charge in [-0.25, -0.2) is 4.98 Å². The van der Waals surface area contributed by atoms with Gasteiger partial charge in [0.2, 0.25) is 0 Å². The Morgan fingerprint density at radius 2 is 1.88 bits per heavy atom. The minimum atomic E-state index is 0.0980. The Labute approximate surface area is 164 Å². The van der Waals surface area contributed by atoms with Crippen LogP contribution in [0.2, 0.25) is 10.0 Å². The van der Waals surface area contributed by atoms with Crippen molar-refractivity contribution >= 4 is 46.4 Å². The van der Waals surface area contributed by atoms with Crippen LogP contribution in [0, 0.1) is 6.92 Å².